The van der Waals surface area contributed by atoms with Gasteiger partial charge in [0.2, 0.25) is 0 Å². The lowest BCUT2D eigenvalue weighted by Crippen LogP contribution is -2.29. The molecule has 0 saturated carbocycles. The van der Waals surface area contributed by atoms with Crippen molar-refractivity contribution in [1.29, 1.82) is 0 Å². The maximum absolute atomic E-state index is 13.0. The van der Waals surface area contributed by atoms with Gasteiger partial charge in [-0.1, -0.05) is 93.6 Å². The molecule has 2 aromatic carbocycles. The molecule has 3 rings (SSSR count). The Hall–Kier alpha value is -2.64. The number of rotatable bonds is 11. The molecule has 1 heterocycles. The van der Waals surface area contributed by atoms with Crippen LogP contribution in [0, 0.1) is 0 Å². The lowest BCUT2D eigenvalue weighted by atomic mass is 9.87. The first-order valence-electron chi connectivity index (χ1n) is 12.4. The van der Waals surface area contributed by atoms with E-state index in [0.29, 0.717) is 35.4 Å². The van der Waals surface area contributed by atoms with Crippen LogP contribution in [0.3, 0.4) is 0 Å². The quantitative estimate of drug-likeness (QED) is 0.138. The van der Waals surface area contributed by atoms with Crippen molar-refractivity contribution in [2.24, 2.45) is 0 Å². The van der Waals surface area contributed by atoms with E-state index in [2.05, 4.69) is 45.0 Å². The number of unbranched alkanes of at least 4 members (excludes halogenated alkanes) is 2. The van der Waals surface area contributed by atoms with Gasteiger partial charge in [-0.2, -0.15) is 0 Å². The van der Waals surface area contributed by atoms with Crippen molar-refractivity contribution < 1.29 is 19.1 Å². The molecule has 192 valence electrons. The van der Waals surface area contributed by atoms with Gasteiger partial charge < -0.3 is 9.47 Å². The molecule has 0 aromatic heterocycles. The third-order valence-electron chi connectivity index (χ3n) is 5.86. The van der Waals surface area contributed by atoms with E-state index < -0.39 is 0 Å². The Bertz CT molecular complexity index is 1100. The molecule has 1 fully saturated rings. The van der Waals surface area contributed by atoms with Crippen LogP contribution in [0.15, 0.2) is 53.4 Å². The van der Waals surface area contributed by atoms with Gasteiger partial charge in [0.15, 0.2) is 0 Å². The Morgan fingerprint density at radius 3 is 2.47 bits per heavy atom. The molecule has 2 aromatic rings. The average molecular weight is 526 g/mol. The van der Waals surface area contributed by atoms with E-state index in [4.69, 9.17) is 21.7 Å². The first-order valence-corrected chi connectivity index (χ1v) is 13.6. The molecule has 1 saturated heterocycles. The summed E-state index contributed by atoms with van der Waals surface area (Å²) in [6, 6.07) is 16.2. The molecular weight excluding hydrogens is 490 g/mol. The molecule has 0 N–H and O–H groups in total. The SMILES string of the molecule is CCOC(=O)CCCCCN1C(=O)/C(=C\c2ccccc2OCc2ccc(C(C)(C)C)cc2)SC1=S. The number of benzene rings is 2. The van der Waals surface area contributed by atoms with Gasteiger partial charge in [-0.25, -0.2) is 0 Å². The van der Waals surface area contributed by atoms with E-state index in [0.717, 1.165) is 36.1 Å². The van der Waals surface area contributed by atoms with Crippen LogP contribution in [0.25, 0.3) is 6.08 Å². The standard InChI is InChI=1S/C29H35NO4S2/c1-5-33-26(31)13-7-6-10-18-30-27(32)25(36-28(30)35)19-22-11-8-9-12-24(22)34-20-21-14-16-23(17-15-21)29(2,3)4/h8-9,11-12,14-17,19H,5-7,10,13,18,20H2,1-4H3/b25-19+. The number of thiocarbonyl (C=S) groups is 1. The summed E-state index contributed by atoms with van der Waals surface area (Å²) in [6.45, 7) is 9.80. The highest BCUT2D eigenvalue weighted by atomic mass is 32.2. The smallest absolute Gasteiger partial charge is 0.305 e. The number of carbonyl (C=O) groups excluding carboxylic acids is 2. The summed E-state index contributed by atoms with van der Waals surface area (Å²) in [5.74, 6) is 0.471. The van der Waals surface area contributed by atoms with Gasteiger partial charge in [0.05, 0.1) is 11.5 Å². The van der Waals surface area contributed by atoms with Crippen LogP contribution in [0.4, 0.5) is 0 Å². The van der Waals surface area contributed by atoms with E-state index in [1.165, 1.54) is 17.3 Å². The number of thioether (sulfide) groups is 1. The molecule has 0 spiro atoms. The number of esters is 1. The number of hydrogen-bond acceptors (Lipinski definition) is 6. The van der Waals surface area contributed by atoms with Crippen molar-refractivity contribution in [2.45, 2.75) is 65.4 Å². The molecule has 0 unspecified atom stereocenters. The van der Waals surface area contributed by atoms with Gasteiger partial charge in [0, 0.05) is 18.5 Å². The summed E-state index contributed by atoms with van der Waals surface area (Å²) in [4.78, 5) is 26.7. The number of hydrogen-bond donors (Lipinski definition) is 0. The molecule has 0 radical (unpaired) electrons. The highest BCUT2D eigenvalue weighted by molar-refractivity contribution is 8.26. The summed E-state index contributed by atoms with van der Waals surface area (Å²) in [6.07, 6.45) is 4.63. The highest BCUT2D eigenvalue weighted by Crippen LogP contribution is 2.34. The number of amides is 1. The molecular formula is C29H35NO4S2. The Labute approximate surface area is 224 Å². The van der Waals surface area contributed by atoms with Gasteiger partial charge >= 0.3 is 5.97 Å². The van der Waals surface area contributed by atoms with Crippen molar-refractivity contribution in [2.75, 3.05) is 13.2 Å². The van der Waals surface area contributed by atoms with Crippen LogP contribution in [0.5, 0.6) is 5.75 Å². The van der Waals surface area contributed by atoms with Crippen molar-refractivity contribution in [3.8, 4) is 5.75 Å². The molecule has 1 amide bonds. The van der Waals surface area contributed by atoms with Gasteiger partial charge in [-0.3, -0.25) is 14.5 Å². The van der Waals surface area contributed by atoms with Crippen LogP contribution in [-0.4, -0.2) is 34.2 Å². The fraction of sp³-hybridized carbons (Fsp3) is 0.414. The van der Waals surface area contributed by atoms with E-state index >= 15 is 0 Å². The lowest BCUT2D eigenvalue weighted by Gasteiger charge is -2.19. The maximum atomic E-state index is 13.0. The zero-order chi connectivity index (χ0) is 26.1. The monoisotopic (exact) mass is 525 g/mol. The van der Waals surface area contributed by atoms with Crippen molar-refractivity contribution in [3.63, 3.8) is 0 Å². The molecule has 0 aliphatic carbocycles. The minimum atomic E-state index is -0.172. The normalized spacial score (nSPS) is 15.0. The van der Waals surface area contributed by atoms with Gasteiger partial charge in [0.1, 0.15) is 16.7 Å². The van der Waals surface area contributed by atoms with Crippen LogP contribution in [0.2, 0.25) is 0 Å². The van der Waals surface area contributed by atoms with Crippen molar-refractivity contribution in [1.82, 2.24) is 4.90 Å². The van der Waals surface area contributed by atoms with Crippen molar-refractivity contribution in [3.05, 3.63) is 70.1 Å². The zero-order valence-corrected chi connectivity index (χ0v) is 23.2. The average Bonchev–Trinajstić information content (AvgIpc) is 3.10. The van der Waals surface area contributed by atoms with E-state index in [1.54, 1.807) is 11.8 Å². The fourth-order valence-electron chi connectivity index (χ4n) is 3.78. The van der Waals surface area contributed by atoms with E-state index in [1.807, 2.05) is 30.3 Å². The third kappa shape index (κ3) is 7.93. The summed E-state index contributed by atoms with van der Waals surface area (Å²) >= 11 is 6.79. The number of ether oxygens (including phenoxy) is 2. The second-order valence-electron chi connectivity index (χ2n) is 9.72. The second kappa shape index (κ2) is 13.1. The maximum Gasteiger partial charge on any atom is 0.305 e. The number of carbonyl (C=O) groups is 2. The van der Waals surface area contributed by atoms with Gasteiger partial charge in [0.25, 0.3) is 5.91 Å². The largest absolute Gasteiger partial charge is 0.488 e. The molecule has 1 aliphatic heterocycles. The summed E-state index contributed by atoms with van der Waals surface area (Å²) in [5.41, 5.74) is 3.33. The lowest BCUT2D eigenvalue weighted by molar-refractivity contribution is -0.143. The Kier molecular flexibility index (Phi) is 10.1. The minimum absolute atomic E-state index is 0.0806. The highest BCUT2D eigenvalue weighted by Gasteiger charge is 2.31. The first kappa shape index (κ1) is 27.9. The van der Waals surface area contributed by atoms with Crippen LogP contribution < -0.4 is 4.74 Å². The van der Waals surface area contributed by atoms with Crippen LogP contribution >= 0.6 is 24.0 Å². The number of para-hydroxylation sites is 1. The Morgan fingerprint density at radius 2 is 1.78 bits per heavy atom. The third-order valence-corrected chi connectivity index (χ3v) is 7.24. The Balaban J connectivity index is 1.58. The number of nitrogens with zero attached hydrogens (tertiary/aromatic N) is 1. The predicted octanol–water partition coefficient (Wildman–Crippen LogP) is 6.89. The fourth-order valence-corrected chi connectivity index (χ4v) is 5.08. The Morgan fingerprint density at radius 1 is 1.06 bits per heavy atom. The summed E-state index contributed by atoms with van der Waals surface area (Å²) in [5, 5.41) is 0. The summed E-state index contributed by atoms with van der Waals surface area (Å²) in [7, 11) is 0. The zero-order valence-electron chi connectivity index (χ0n) is 21.5. The van der Waals surface area contributed by atoms with Gasteiger partial charge in [-0.15, -0.1) is 0 Å². The van der Waals surface area contributed by atoms with Crippen LogP contribution in [0.1, 0.15) is 70.1 Å². The molecule has 7 heteroatoms. The summed E-state index contributed by atoms with van der Waals surface area (Å²) < 4.78 is 11.6. The molecule has 1 aliphatic rings. The van der Waals surface area contributed by atoms with Gasteiger partial charge in [-0.05, 0) is 48.4 Å². The first-order chi connectivity index (χ1) is 17.2. The minimum Gasteiger partial charge on any atom is -0.488 e. The second-order valence-corrected chi connectivity index (χ2v) is 11.4. The van der Waals surface area contributed by atoms with E-state index in [-0.39, 0.29) is 17.3 Å². The molecule has 5 nitrogen and oxygen atoms in total. The molecule has 0 bridgehead atoms. The predicted molar refractivity (Wildman–Crippen MR) is 151 cm³/mol. The van der Waals surface area contributed by atoms with Crippen molar-refractivity contribution >= 4 is 46.3 Å². The van der Waals surface area contributed by atoms with E-state index in [9.17, 15) is 9.59 Å². The molecule has 36 heavy (non-hydrogen) atoms. The molecule has 0 atom stereocenters. The topological polar surface area (TPSA) is 55.8 Å². The van der Waals surface area contributed by atoms with Crippen LogP contribution in [-0.2, 0) is 26.3 Å².